The van der Waals surface area contributed by atoms with Crippen molar-refractivity contribution in [2.24, 2.45) is 5.73 Å². The summed E-state index contributed by atoms with van der Waals surface area (Å²) in [6.07, 6.45) is 0.885. The van der Waals surface area contributed by atoms with Crippen molar-refractivity contribution >= 4 is 11.7 Å². The summed E-state index contributed by atoms with van der Waals surface area (Å²) in [6, 6.07) is 7.76. The van der Waals surface area contributed by atoms with Crippen LogP contribution in [0, 0.1) is 0 Å². The average Bonchev–Trinajstić information content (AvgIpc) is 2.18. The number of amides is 2. The van der Waals surface area contributed by atoms with Crippen LogP contribution >= 0.6 is 0 Å². The molecule has 3 nitrogen and oxygen atoms in total. The van der Waals surface area contributed by atoms with Crippen LogP contribution in [0.15, 0.2) is 24.3 Å². The molecular weight excluding hydrogens is 256 g/mol. The minimum absolute atomic E-state index is 0. The Labute approximate surface area is 99.4 Å². The van der Waals surface area contributed by atoms with E-state index in [-0.39, 0.29) is 23.0 Å². The number of carbonyl (C=O) groups is 1. The maximum Gasteiger partial charge on any atom is 0.489 e. The van der Waals surface area contributed by atoms with Gasteiger partial charge in [0.25, 0.3) is 0 Å². The van der Waals surface area contributed by atoms with Crippen molar-refractivity contribution in [2.75, 3.05) is 6.54 Å². The second kappa shape index (κ2) is 4.57. The third-order valence-electron chi connectivity index (χ3n) is 2.68. The molecule has 0 aromatic heterocycles. The molecule has 1 aromatic rings. The molecule has 1 aliphatic heterocycles. The van der Waals surface area contributed by atoms with Gasteiger partial charge < -0.3 is 17.0 Å². The molecule has 0 fully saturated rings. The number of hydrogen-bond donors (Lipinski definition) is 1. The van der Waals surface area contributed by atoms with Crippen LogP contribution in [0.5, 0.6) is 0 Å². The van der Waals surface area contributed by atoms with Gasteiger partial charge in [0.05, 0.1) is 6.54 Å². The highest BCUT2D eigenvalue weighted by atomic mass is 79.9. The molecule has 1 aromatic carbocycles. The first-order valence-corrected chi connectivity index (χ1v) is 4.69. The van der Waals surface area contributed by atoms with Gasteiger partial charge in [0.15, 0.2) is 0 Å². The predicted octanol–water partition coefficient (Wildman–Crippen LogP) is -1.85. The van der Waals surface area contributed by atoms with Crippen molar-refractivity contribution in [2.45, 2.75) is 13.3 Å². The number of hydrogen-bond acceptors (Lipinski definition) is 1. The van der Waals surface area contributed by atoms with Crippen LogP contribution in [0.2, 0.25) is 0 Å². The van der Waals surface area contributed by atoms with Gasteiger partial charge in [-0.25, -0.2) is 0 Å². The Morgan fingerprint density at radius 2 is 2.07 bits per heavy atom. The van der Waals surface area contributed by atoms with Crippen molar-refractivity contribution in [3.05, 3.63) is 35.4 Å². The summed E-state index contributed by atoms with van der Waals surface area (Å²) in [5.41, 5.74) is 8.67. The molecule has 80 valence electrons. The van der Waals surface area contributed by atoms with E-state index < -0.39 is 0 Å². The number of carbonyl (C=O) groups excluding carboxylic acids is 1. The SMILES string of the molecule is CC1=[N+](C(N)=O)CCc2ccccc21.[Br-]. The monoisotopic (exact) mass is 268 g/mol. The molecule has 0 bridgehead atoms. The Balaban J connectivity index is 0.00000112. The van der Waals surface area contributed by atoms with Crippen molar-refractivity contribution in [1.29, 1.82) is 0 Å². The fraction of sp³-hybridized carbons (Fsp3) is 0.273. The van der Waals surface area contributed by atoms with Gasteiger partial charge in [0, 0.05) is 12.0 Å². The van der Waals surface area contributed by atoms with Crippen LogP contribution in [0.1, 0.15) is 18.1 Å². The Kier molecular flexibility index (Phi) is 3.63. The van der Waals surface area contributed by atoms with Gasteiger partial charge in [-0.1, -0.05) is 24.3 Å². The lowest BCUT2D eigenvalue weighted by molar-refractivity contribution is -0.427. The molecule has 15 heavy (non-hydrogen) atoms. The van der Waals surface area contributed by atoms with Gasteiger partial charge >= 0.3 is 6.03 Å². The summed E-state index contributed by atoms with van der Waals surface area (Å²) in [7, 11) is 0. The second-order valence-electron chi connectivity index (χ2n) is 3.48. The zero-order valence-corrected chi connectivity index (χ0v) is 10.1. The van der Waals surface area contributed by atoms with E-state index in [1.54, 1.807) is 4.58 Å². The van der Waals surface area contributed by atoms with Crippen molar-refractivity contribution < 1.29 is 26.4 Å². The molecular formula is C11H13BrN2O. The number of primary amides is 1. The lowest BCUT2D eigenvalue weighted by atomic mass is 9.98. The summed E-state index contributed by atoms with van der Waals surface area (Å²) in [5.74, 6) is 0. The van der Waals surface area contributed by atoms with Gasteiger partial charge in [0.2, 0.25) is 0 Å². The van der Waals surface area contributed by atoms with Gasteiger partial charge in [-0.15, -0.1) is 0 Å². The van der Waals surface area contributed by atoms with Crippen LogP contribution in [-0.4, -0.2) is 22.9 Å². The van der Waals surface area contributed by atoms with E-state index in [0.29, 0.717) is 6.54 Å². The number of nitrogens with zero attached hydrogens (tertiary/aromatic N) is 1. The lowest BCUT2D eigenvalue weighted by Crippen LogP contribution is -3.00. The number of fused-ring (bicyclic) bond motifs is 1. The van der Waals surface area contributed by atoms with E-state index in [1.807, 2.05) is 25.1 Å². The topological polar surface area (TPSA) is 46.1 Å². The highest BCUT2D eigenvalue weighted by Gasteiger charge is 2.22. The maximum absolute atomic E-state index is 11.1. The second-order valence-corrected chi connectivity index (χ2v) is 3.48. The van der Waals surface area contributed by atoms with Gasteiger partial charge in [0.1, 0.15) is 5.71 Å². The van der Waals surface area contributed by atoms with Crippen molar-refractivity contribution in [3.63, 3.8) is 0 Å². The van der Waals surface area contributed by atoms with Crippen LogP contribution in [0.3, 0.4) is 0 Å². The molecule has 0 saturated carbocycles. The summed E-state index contributed by atoms with van der Waals surface area (Å²) >= 11 is 0. The van der Waals surface area contributed by atoms with E-state index in [4.69, 9.17) is 5.73 Å². The van der Waals surface area contributed by atoms with Crippen LogP contribution < -0.4 is 22.7 Å². The normalized spacial score (nSPS) is 14.2. The van der Waals surface area contributed by atoms with Gasteiger partial charge in [-0.2, -0.15) is 9.37 Å². The van der Waals surface area contributed by atoms with Crippen LogP contribution in [-0.2, 0) is 6.42 Å². The molecule has 1 heterocycles. The molecule has 2 N–H and O–H groups in total. The molecule has 2 rings (SSSR count). The quantitative estimate of drug-likeness (QED) is 0.552. The zero-order valence-electron chi connectivity index (χ0n) is 8.53. The molecule has 0 spiro atoms. The molecule has 0 saturated heterocycles. The van der Waals surface area contributed by atoms with E-state index in [0.717, 1.165) is 17.7 Å². The maximum atomic E-state index is 11.1. The Bertz CT molecular complexity index is 426. The first-order chi connectivity index (χ1) is 6.70. The van der Waals surface area contributed by atoms with Crippen molar-refractivity contribution in [1.82, 2.24) is 0 Å². The molecule has 0 aliphatic carbocycles. The Morgan fingerprint density at radius 3 is 2.73 bits per heavy atom. The van der Waals surface area contributed by atoms with Gasteiger partial charge in [-0.05, 0) is 12.5 Å². The smallest absolute Gasteiger partial charge is 0.489 e. The molecule has 0 atom stereocenters. The summed E-state index contributed by atoms with van der Waals surface area (Å²) in [4.78, 5) is 11.1. The van der Waals surface area contributed by atoms with E-state index in [2.05, 4.69) is 6.07 Å². The molecule has 1 aliphatic rings. The fourth-order valence-electron chi connectivity index (χ4n) is 1.91. The van der Waals surface area contributed by atoms with Crippen molar-refractivity contribution in [3.8, 4) is 0 Å². The largest absolute Gasteiger partial charge is 1.00 e. The number of urea groups is 1. The highest BCUT2D eigenvalue weighted by Crippen LogP contribution is 2.15. The highest BCUT2D eigenvalue weighted by molar-refractivity contribution is 5.99. The minimum Gasteiger partial charge on any atom is -1.00 e. The molecule has 2 amide bonds. The van der Waals surface area contributed by atoms with Gasteiger partial charge in [-0.3, -0.25) is 5.73 Å². The number of benzene rings is 1. The average molecular weight is 269 g/mol. The zero-order chi connectivity index (χ0) is 10.1. The molecule has 4 heteroatoms. The summed E-state index contributed by atoms with van der Waals surface area (Å²) in [5, 5.41) is 0. The Morgan fingerprint density at radius 1 is 1.40 bits per heavy atom. The third-order valence-corrected chi connectivity index (χ3v) is 2.68. The molecule has 0 unspecified atom stereocenters. The summed E-state index contributed by atoms with van der Waals surface area (Å²) < 4.78 is 1.63. The van der Waals surface area contributed by atoms with E-state index >= 15 is 0 Å². The fourth-order valence-corrected chi connectivity index (χ4v) is 1.91. The number of nitrogens with two attached hydrogens (primary N) is 1. The standard InChI is InChI=1S/C11H12N2O.BrH/c1-8-10-5-3-2-4-9(10)6-7-13(8)11(12)14;/h2-5H,6-7H2,1H3,(H-,12,14);1H. The summed E-state index contributed by atoms with van der Waals surface area (Å²) in [6.45, 7) is 2.63. The number of rotatable bonds is 0. The van der Waals surface area contributed by atoms with E-state index in [1.165, 1.54) is 5.56 Å². The minimum atomic E-state index is -0.364. The predicted molar refractivity (Wildman–Crippen MR) is 54.6 cm³/mol. The third kappa shape index (κ3) is 2.09. The first-order valence-electron chi connectivity index (χ1n) is 4.69. The van der Waals surface area contributed by atoms with Crippen LogP contribution in [0.4, 0.5) is 4.79 Å². The van der Waals surface area contributed by atoms with Crippen LogP contribution in [0.25, 0.3) is 0 Å². The van der Waals surface area contributed by atoms with E-state index in [9.17, 15) is 4.79 Å². The lowest BCUT2D eigenvalue weighted by Gasteiger charge is -2.16. The number of halogens is 1. The molecule has 0 radical (unpaired) electrons. The Hall–Kier alpha value is -1.16. The first kappa shape index (κ1) is 11.9.